The summed E-state index contributed by atoms with van der Waals surface area (Å²) in [7, 11) is 0. The van der Waals surface area contributed by atoms with E-state index < -0.39 is 5.97 Å². The van der Waals surface area contributed by atoms with Crippen LogP contribution in [0.4, 0.5) is 0 Å². The normalized spacial score (nSPS) is 10.5. The zero-order valence-corrected chi connectivity index (χ0v) is 9.98. The number of rotatable bonds is 3. The number of halogens is 2. The van der Waals surface area contributed by atoms with E-state index in [1.165, 1.54) is 4.68 Å². The number of aliphatic carboxylic acids is 1. The molecule has 0 aliphatic rings. The van der Waals surface area contributed by atoms with E-state index in [4.69, 9.17) is 28.3 Å². The Morgan fingerprint density at radius 2 is 1.94 bits per heavy atom. The van der Waals surface area contributed by atoms with Crippen LogP contribution in [-0.4, -0.2) is 26.1 Å². The van der Waals surface area contributed by atoms with Gasteiger partial charge in [-0.15, -0.1) is 5.10 Å². The molecule has 1 aromatic heterocycles. The minimum Gasteiger partial charge on any atom is -0.481 e. The smallest absolute Gasteiger partial charge is 0.309 e. The van der Waals surface area contributed by atoms with E-state index in [0.29, 0.717) is 16.4 Å². The first-order valence-electron chi connectivity index (χ1n) is 4.65. The van der Waals surface area contributed by atoms with Crippen LogP contribution < -0.4 is 0 Å². The van der Waals surface area contributed by atoms with Crippen molar-refractivity contribution >= 4 is 29.2 Å². The zero-order valence-electron chi connectivity index (χ0n) is 8.47. The molecule has 0 fully saturated rings. The summed E-state index contributed by atoms with van der Waals surface area (Å²) in [6.45, 7) is 0. The second-order valence-electron chi connectivity index (χ2n) is 3.29. The van der Waals surface area contributed by atoms with Crippen molar-refractivity contribution in [3.05, 3.63) is 40.1 Å². The monoisotopic (exact) mass is 271 g/mol. The van der Waals surface area contributed by atoms with Crippen molar-refractivity contribution in [2.45, 2.75) is 6.42 Å². The minimum atomic E-state index is -0.996. The van der Waals surface area contributed by atoms with Gasteiger partial charge in [0.25, 0.3) is 0 Å². The maximum atomic E-state index is 10.7. The van der Waals surface area contributed by atoms with Gasteiger partial charge in [-0.3, -0.25) is 4.79 Å². The Hall–Kier alpha value is -1.59. The van der Waals surface area contributed by atoms with Gasteiger partial charge < -0.3 is 5.11 Å². The Morgan fingerprint density at radius 3 is 2.53 bits per heavy atom. The quantitative estimate of drug-likeness (QED) is 0.930. The van der Waals surface area contributed by atoms with E-state index in [0.717, 1.165) is 0 Å². The average molecular weight is 272 g/mol. The molecule has 1 aromatic carbocycles. The zero-order chi connectivity index (χ0) is 12.4. The third-order valence-electron chi connectivity index (χ3n) is 2.11. The molecule has 88 valence electrons. The predicted molar refractivity (Wildman–Crippen MR) is 62.7 cm³/mol. The van der Waals surface area contributed by atoms with Gasteiger partial charge in [0.1, 0.15) is 0 Å². The van der Waals surface area contributed by atoms with Crippen molar-refractivity contribution < 1.29 is 9.90 Å². The Balaban J connectivity index is 2.45. The van der Waals surface area contributed by atoms with Crippen LogP contribution in [0.2, 0.25) is 10.2 Å². The van der Waals surface area contributed by atoms with Gasteiger partial charge in [0.05, 0.1) is 17.8 Å². The highest BCUT2D eigenvalue weighted by atomic mass is 35.5. The van der Waals surface area contributed by atoms with Crippen molar-refractivity contribution in [1.82, 2.24) is 15.0 Å². The first-order chi connectivity index (χ1) is 8.08. The third-order valence-corrected chi connectivity index (χ3v) is 2.65. The van der Waals surface area contributed by atoms with E-state index in [2.05, 4.69) is 10.3 Å². The molecule has 0 aliphatic heterocycles. The highest BCUT2D eigenvalue weighted by Crippen LogP contribution is 2.19. The lowest BCUT2D eigenvalue weighted by molar-refractivity contribution is -0.136. The maximum absolute atomic E-state index is 10.7. The molecule has 1 N–H and O–H groups in total. The summed E-state index contributed by atoms with van der Waals surface area (Å²) >= 11 is 11.5. The molecule has 0 aliphatic carbocycles. The molecule has 0 bridgehead atoms. The SMILES string of the molecule is O=C(O)Cc1c(Cl)nnn1-c1ccc(Cl)cc1. The van der Waals surface area contributed by atoms with Crippen LogP contribution in [0.25, 0.3) is 5.69 Å². The van der Waals surface area contributed by atoms with Crippen molar-refractivity contribution in [3.63, 3.8) is 0 Å². The fourth-order valence-electron chi connectivity index (χ4n) is 1.36. The molecule has 0 saturated heterocycles. The second-order valence-corrected chi connectivity index (χ2v) is 4.08. The van der Waals surface area contributed by atoms with Gasteiger partial charge in [0, 0.05) is 5.02 Å². The Labute approximate surface area is 107 Å². The van der Waals surface area contributed by atoms with E-state index in [1.54, 1.807) is 24.3 Å². The number of carboxylic acids is 1. The molecule has 17 heavy (non-hydrogen) atoms. The summed E-state index contributed by atoms with van der Waals surface area (Å²) in [5.41, 5.74) is 0.992. The van der Waals surface area contributed by atoms with Crippen LogP contribution in [0.5, 0.6) is 0 Å². The molecular formula is C10H7Cl2N3O2. The van der Waals surface area contributed by atoms with E-state index in [1.807, 2.05) is 0 Å². The van der Waals surface area contributed by atoms with Crippen molar-refractivity contribution in [3.8, 4) is 5.69 Å². The number of hydrogen-bond donors (Lipinski definition) is 1. The van der Waals surface area contributed by atoms with Gasteiger partial charge in [-0.1, -0.05) is 28.4 Å². The lowest BCUT2D eigenvalue weighted by atomic mass is 10.3. The Morgan fingerprint density at radius 1 is 1.29 bits per heavy atom. The fraction of sp³-hybridized carbons (Fsp3) is 0.100. The van der Waals surface area contributed by atoms with Gasteiger partial charge in [-0.25, -0.2) is 4.68 Å². The molecule has 0 atom stereocenters. The Bertz CT molecular complexity index is 551. The fourth-order valence-corrected chi connectivity index (χ4v) is 1.67. The van der Waals surface area contributed by atoms with E-state index in [9.17, 15) is 4.79 Å². The standard InChI is InChI=1S/C10H7Cl2N3O2/c11-6-1-3-7(4-2-6)15-8(5-9(16)17)10(12)13-14-15/h1-4H,5H2,(H,16,17). The molecule has 7 heteroatoms. The third kappa shape index (κ3) is 2.57. The van der Waals surface area contributed by atoms with Crippen LogP contribution in [0.15, 0.2) is 24.3 Å². The lowest BCUT2D eigenvalue weighted by Crippen LogP contribution is -2.08. The Kier molecular flexibility index (Phi) is 3.31. The largest absolute Gasteiger partial charge is 0.481 e. The molecule has 2 aromatic rings. The number of carbonyl (C=O) groups is 1. The molecule has 0 amide bonds. The average Bonchev–Trinajstić information content (AvgIpc) is 2.61. The minimum absolute atomic E-state index is 0.0855. The first-order valence-corrected chi connectivity index (χ1v) is 5.41. The van der Waals surface area contributed by atoms with Crippen LogP contribution >= 0.6 is 23.2 Å². The summed E-state index contributed by atoms with van der Waals surface area (Å²) in [5, 5.41) is 16.9. The van der Waals surface area contributed by atoms with E-state index >= 15 is 0 Å². The van der Waals surface area contributed by atoms with Gasteiger partial charge in [0.2, 0.25) is 0 Å². The summed E-state index contributed by atoms with van der Waals surface area (Å²) < 4.78 is 1.38. The summed E-state index contributed by atoms with van der Waals surface area (Å²) in [5.74, 6) is -0.996. The van der Waals surface area contributed by atoms with Gasteiger partial charge in [-0.05, 0) is 24.3 Å². The van der Waals surface area contributed by atoms with Crippen molar-refractivity contribution in [1.29, 1.82) is 0 Å². The van der Waals surface area contributed by atoms with Crippen LogP contribution in [0.3, 0.4) is 0 Å². The molecule has 5 nitrogen and oxygen atoms in total. The molecule has 0 unspecified atom stereocenters. The first kappa shape index (κ1) is 11.9. The lowest BCUT2D eigenvalue weighted by Gasteiger charge is -2.04. The second kappa shape index (κ2) is 4.73. The molecule has 0 radical (unpaired) electrons. The highest BCUT2D eigenvalue weighted by Gasteiger charge is 2.15. The van der Waals surface area contributed by atoms with E-state index in [-0.39, 0.29) is 11.6 Å². The summed E-state index contributed by atoms with van der Waals surface area (Å²) in [6.07, 6.45) is -0.242. The van der Waals surface area contributed by atoms with Crippen molar-refractivity contribution in [2.24, 2.45) is 0 Å². The number of hydrogen-bond acceptors (Lipinski definition) is 3. The predicted octanol–water partition coefficient (Wildman–Crippen LogP) is 2.20. The van der Waals surface area contributed by atoms with Crippen LogP contribution in [0, 0.1) is 0 Å². The number of benzene rings is 1. The number of nitrogens with zero attached hydrogens (tertiary/aromatic N) is 3. The molecule has 0 spiro atoms. The topological polar surface area (TPSA) is 68.0 Å². The molecule has 0 saturated carbocycles. The van der Waals surface area contributed by atoms with Gasteiger partial charge >= 0.3 is 5.97 Å². The highest BCUT2D eigenvalue weighted by molar-refractivity contribution is 6.30. The number of carboxylic acid groups (broad SMARTS) is 1. The molecule has 1 heterocycles. The summed E-state index contributed by atoms with van der Waals surface area (Å²) in [4.78, 5) is 10.7. The number of aromatic nitrogens is 3. The molecule has 2 rings (SSSR count). The maximum Gasteiger partial charge on any atom is 0.309 e. The van der Waals surface area contributed by atoms with Crippen LogP contribution in [-0.2, 0) is 11.2 Å². The van der Waals surface area contributed by atoms with Gasteiger partial charge in [0.15, 0.2) is 5.15 Å². The van der Waals surface area contributed by atoms with Crippen LogP contribution in [0.1, 0.15) is 5.69 Å². The molecular weight excluding hydrogens is 265 g/mol. The van der Waals surface area contributed by atoms with Gasteiger partial charge in [-0.2, -0.15) is 0 Å². The summed E-state index contributed by atoms with van der Waals surface area (Å²) in [6, 6.07) is 6.77. The van der Waals surface area contributed by atoms with Crippen molar-refractivity contribution in [2.75, 3.05) is 0 Å².